The Hall–Kier alpha value is -2.14. The van der Waals surface area contributed by atoms with Gasteiger partial charge in [-0.15, -0.1) is 0 Å². The smallest absolute Gasteiger partial charge is 0.220 e. The third-order valence-electron chi connectivity index (χ3n) is 4.05. The van der Waals surface area contributed by atoms with Crippen LogP contribution in [-0.2, 0) is 23.8 Å². The topological polar surface area (TPSA) is 67.2 Å². The van der Waals surface area contributed by atoms with E-state index in [1.807, 2.05) is 37.5 Å². The molecule has 1 heterocycles. The summed E-state index contributed by atoms with van der Waals surface area (Å²) in [7, 11) is 1.84. The minimum Gasteiger partial charge on any atom is -0.388 e. The molecule has 1 aromatic carbocycles. The maximum absolute atomic E-state index is 11.9. The van der Waals surface area contributed by atoms with Gasteiger partial charge >= 0.3 is 0 Å². The zero-order valence-electron chi connectivity index (χ0n) is 14.9. The Morgan fingerprint density at radius 2 is 1.96 bits per heavy atom. The second-order valence-corrected chi connectivity index (χ2v) is 7.23. The summed E-state index contributed by atoms with van der Waals surface area (Å²) in [6.07, 6.45) is 3.68. The molecule has 1 amide bonds. The van der Waals surface area contributed by atoms with Crippen molar-refractivity contribution >= 4 is 5.91 Å². The molecule has 2 N–H and O–H groups in total. The Morgan fingerprint density at radius 1 is 1.29 bits per heavy atom. The van der Waals surface area contributed by atoms with Crippen molar-refractivity contribution in [1.82, 2.24) is 15.1 Å². The molecule has 2 aromatic rings. The lowest BCUT2D eigenvalue weighted by molar-refractivity contribution is -0.121. The third-order valence-corrected chi connectivity index (χ3v) is 4.05. The van der Waals surface area contributed by atoms with Gasteiger partial charge in [-0.05, 0) is 23.0 Å². The lowest BCUT2D eigenvalue weighted by atomic mass is 9.86. The average Bonchev–Trinajstić information content (AvgIpc) is 2.95. The van der Waals surface area contributed by atoms with E-state index < -0.39 is 6.10 Å². The molecule has 1 atom stereocenters. The summed E-state index contributed by atoms with van der Waals surface area (Å²) in [4.78, 5) is 11.9. The van der Waals surface area contributed by atoms with Crippen molar-refractivity contribution in [3.63, 3.8) is 0 Å². The number of carbonyl (C=O) groups excluding carboxylic acids is 1. The van der Waals surface area contributed by atoms with Gasteiger partial charge in [0.1, 0.15) is 0 Å². The molecule has 0 saturated heterocycles. The number of carbonyl (C=O) groups is 1. The second kappa shape index (κ2) is 7.62. The van der Waals surface area contributed by atoms with E-state index in [1.165, 1.54) is 5.56 Å². The highest BCUT2D eigenvalue weighted by molar-refractivity contribution is 5.75. The molecule has 2 rings (SSSR count). The maximum Gasteiger partial charge on any atom is 0.220 e. The molecule has 0 radical (unpaired) electrons. The fourth-order valence-corrected chi connectivity index (χ4v) is 2.49. The molecule has 0 fully saturated rings. The van der Waals surface area contributed by atoms with Gasteiger partial charge in [-0.3, -0.25) is 9.48 Å². The molecule has 24 heavy (non-hydrogen) atoms. The van der Waals surface area contributed by atoms with Crippen molar-refractivity contribution in [1.29, 1.82) is 0 Å². The summed E-state index contributed by atoms with van der Waals surface area (Å²) in [6, 6.07) is 7.97. The highest BCUT2D eigenvalue weighted by Gasteiger charge is 2.15. The van der Waals surface area contributed by atoms with Crippen molar-refractivity contribution in [2.45, 2.75) is 51.7 Å². The van der Waals surface area contributed by atoms with Gasteiger partial charge in [0.25, 0.3) is 0 Å². The number of aromatic nitrogens is 2. The largest absolute Gasteiger partial charge is 0.388 e. The first kappa shape index (κ1) is 18.2. The fraction of sp³-hybridized carbons (Fsp3) is 0.474. The van der Waals surface area contributed by atoms with Gasteiger partial charge in [-0.1, -0.05) is 45.0 Å². The molecule has 0 aliphatic rings. The fourth-order valence-electron chi connectivity index (χ4n) is 2.49. The monoisotopic (exact) mass is 329 g/mol. The molecule has 0 aliphatic carbocycles. The van der Waals surface area contributed by atoms with Crippen molar-refractivity contribution < 1.29 is 9.90 Å². The number of rotatable bonds is 6. The van der Waals surface area contributed by atoms with Crippen LogP contribution in [0.15, 0.2) is 36.7 Å². The van der Waals surface area contributed by atoms with E-state index in [1.54, 1.807) is 10.9 Å². The van der Waals surface area contributed by atoms with E-state index >= 15 is 0 Å². The van der Waals surface area contributed by atoms with Crippen molar-refractivity contribution in [3.8, 4) is 0 Å². The molecule has 0 bridgehead atoms. The number of amides is 1. The highest BCUT2D eigenvalue weighted by Crippen LogP contribution is 2.25. The molecular formula is C19H27N3O2. The Bertz CT molecular complexity index is 669. The first-order valence-corrected chi connectivity index (χ1v) is 8.28. The van der Waals surface area contributed by atoms with E-state index in [0.717, 1.165) is 11.1 Å². The SMILES string of the molecule is Cn1cc(CNC(=O)CCC(O)c2ccc(C(C)(C)C)cc2)cn1. The predicted octanol–water partition coefficient (Wildman–Crippen LogP) is 2.85. The van der Waals surface area contributed by atoms with Crippen LogP contribution in [0.4, 0.5) is 0 Å². The van der Waals surface area contributed by atoms with E-state index in [9.17, 15) is 9.90 Å². The highest BCUT2D eigenvalue weighted by atomic mass is 16.3. The van der Waals surface area contributed by atoms with Crippen LogP contribution in [0.3, 0.4) is 0 Å². The lowest BCUT2D eigenvalue weighted by Gasteiger charge is -2.20. The number of hydrogen-bond donors (Lipinski definition) is 2. The summed E-state index contributed by atoms with van der Waals surface area (Å²) in [5, 5.41) is 17.2. The molecule has 0 spiro atoms. The molecule has 1 unspecified atom stereocenters. The molecule has 1 aromatic heterocycles. The third kappa shape index (κ3) is 5.20. The van der Waals surface area contributed by atoms with Gasteiger partial charge in [0, 0.05) is 31.8 Å². The van der Waals surface area contributed by atoms with Gasteiger partial charge in [-0.2, -0.15) is 5.10 Å². The van der Waals surface area contributed by atoms with Crippen molar-refractivity contribution in [2.24, 2.45) is 7.05 Å². The van der Waals surface area contributed by atoms with Crippen LogP contribution in [-0.4, -0.2) is 20.8 Å². The standard InChI is InChI=1S/C19H27N3O2/c1-19(2,3)16-7-5-15(6-8-16)17(23)9-10-18(24)20-11-14-12-21-22(4)13-14/h5-8,12-13,17,23H,9-11H2,1-4H3,(H,20,24). The maximum atomic E-state index is 11.9. The number of hydrogen-bond acceptors (Lipinski definition) is 3. The number of aliphatic hydroxyl groups excluding tert-OH is 1. The number of nitrogens with one attached hydrogen (secondary N) is 1. The number of nitrogens with zero attached hydrogens (tertiary/aromatic N) is 2. The quantitative estimate of drug-likeness (QED) is 0.856. The van der Waals surface area contributed by atoms with Crippen molar-refractivity contribution in [3.05, 3.63) is 53.3 Å². The summed E-state index contributed by atoms with van der Waals surface area (Å²) < 4.78 is 1.70. The first-order valence-electron chi connectivity index (χ1n) is 8.28. The molecular weight excluding hydrogens is 302 g/mol. The van der Waals surface area contributed by atoms with Crippen LogP contribution in [0.25, 0.3) is 0 Å². The average molecular weight is 329 g/mol. The molecule has 5 heteroatoms. The summed E-state index contributed by atoms with van der Waals surface area (Å²) in [6.45, 7) is 6.93. The van der Waals surface area contributed by atoms with Gasteiger partial charge in [0.05, 0.1) is 12.3 Å². The lowest BCUT2D eigenvalue weighted by Crippen LogP contribution is -2.22. The minimum atomic E-state index is -0.622. The number of aliphatic hydroxyl groups is 1. The van der Waals surface area contributed by atoms with Crippen LogP contribution >= 0.6 is 0 Å². The zero-order chi connectivity index (χ0) is 17.7. The van der Waals surface area contributed by atoms with Gasteiger partial charge in [0.15, 0.2) is 0 Å². The Morgan fingerprint density at radius 3 is 2.50 bits per heavy atom. The van der Waals surface area contributed by atoms with Gasteiger partial charge < -0.3 is 10.4 Å². The zero-order valence-corrected chi connectivity index (χ0v) is 14.9. The Balaban J connectivity index is 1.79. The number of benzene rings is 1. The van der Waals surface area contributed by atoms with Gasteiger partial charge in [-0.25, -0.2) is 0 Å². The van der Waals surface area contributed by atoms with E-state index in [4.69, 9.17) is 0 Å². The predicted molar refractivity (Wildman–Crippen MR) is 94.4 cm³/mol. The van der Waals surface area contributed by atoms with Gasteiger partial charge in [0.2, 0.25) is 5.91 Å². The Labute approximate surface area is 143 Å². The van der Waals surface area contributed by atoms with Crippen LogP contribution < -0.4 is 5.32 Å². The number of aryl methyl sites for hydroxylation is 1. The molecule has 0 aliphatic heterocycles. The molecule has 0 saturated carbocycles. The van der Waals surface area contributed by atoms with E-state index in [0.29, 0.717) is 19.4 Å². The van der Waals surface area contributed by atoms with Crippen LogP contribution in [0.1, 0.15) is 56.4 Å². The summed E-state index contributed by atoms with van der Waals surface area (Å²) >= 11 is 0. The second-order valence-electron chi connectivity index (χ2n) is 7.23. The summed E-state index contributed by atoms with van der Waals surface area (Å²) in [5.74, 6) is -0.0655. The van der Waals surface area contributed by atoms with E-state index in [2.05, 4.69) is 31.2 Å². The van der Waals surface area contributed by atoms with Crippen LogP contribution in [0, 0.1) is 0 Å². The minimum absolute atomic E-state index is 0.0655. The summed E-state index contributed by atoms with van der Waals surface area (Å²) in [5.41, 5.74) is 3.13. The van der Waals surface area contributed by atoms with E-state index in [-0.39, 0.29) is 11.3 Å². The van der Waals surface area contributed by atoms with Crippen molar-refractivity contribution in [2.75, 3.05) is 0 Å². The first-order chi connectivity index (χ1) is 11.3. The normalized spacial score (nSPS) is 12.9. The molecule has 130 valence electrons. The van der Waals surface area contributed by atoms with Crippen LogP contribution in [0.5, 0.6) is 0 Å². The van der Waals surface area contributed by atoms with Crippen LogP contribution in [0.2, 0.25) is 0 Å². The molecule has 5 nitrogen and oxygen atoms in total. The Kier molecular flexibility index (Phi) is 5.78.